The molecule has 136 valence electrons. The average molecular weight is 356 g/mol. The molecule has 0 saturated carbocycles. The molecule has 1 N–H and O–H groups in total. The Morgan fingerprint density at radius 3 is 2.12 bits per heavy atom. The number of hydrogen-bond acceptors (Lipinski definition) is 4. The van der Waals surface area contributed by atoms with E-state index >= 15 is 0 Å². The molecule has 0 atom stereocenters. The summed E-state index contributed by atoms with van der Waals surface area (Å²) in [6.45, 7) is 12.7. The van der Waals surface area contributed by atoms with Crippen LogP contribution in [0.3, 0.4) is 0 Å². The summed E-state index contributed by atoms with van der Waals surface area (Å²) in [5.74, 6) is 0.670. The third kappa shape index (κ3) is 4.28. The number of sulfone groups is 1. The molecule has 8 heteroatoms. The maximum atomic E-state index is 12.5. The minimum absolute atomic E-state index is 0.0200. The van der Waals surface area contributed by atoms with Crippen molar-refractivity contribution in [3.8, 4) is 0 Å². The van der Waals surface area contributed by atoms with Crippen molar-refractivity contribution in [3.63, 3.8) is 0 Å². The highest BCUT2D eigenvalue weighted by Gasteiger charge is 2.29. The molecule has 2 heterocycles. The minimum atomic E-state index is -3.01. The van der Waals surface area contributed by atoms with Gasteiger partial charge in [0.05, 0.1) is 22.7 Å². The van der Waals surface area contributed by atoms with Gasteiger partial charge in [-0.25, -0.2) is 17.9 Å². The molecule has 1 aliphatic rings. The number of nitrogens with zero attached hydrogens (tertiary/aromatic N) is 3. The number of rotatable bonds is 1. The van der Waals surface area contributed by atoms with Crippen molar-refractivity contribution >= 4 is 21.7 Å². The molecule has 24 heavy (non-hydrogen) atoms. The second-order valence-electron chi connectivity index (χ2n) is 8.32. The standard InChI is InChI=1S/C16H28N4O3S/c1-15(2,3)12-11-13(20(18-12)16(4,5)6)17-14(21)19-7-9-24(22,23)10-8-19/h11H,7-10H2,1-6H3,(H,17,21). The molecule has 0 aromatic carbocycles. The fourth-order valence-corrected chi connectivity index (χ4v) is 3.65. The quantitative estimate of drug-likeness (QED) is 0.836. The molecular formula is C16H28N4O3S. The van der Waals surface area contributed by atoms with E-state index in [4.69, 9.17) is 0 Å². The maximum absolute atomic E-state index is 12.5. The Hall–Kier alpha value is -1.57. The Morgan fingerprint density at radius 2 is 1.67 bits per heavy atom. The van der Waals surface area contributed by atoms with Gasteiger partial charge >= 0.3 is 6.03 Å². The Morgan fingerprint density at radius 1 is 1.12 bits per heavy atom. The minimum Gasteiger partial charge on any atom is -0.322 e. The summed E-state index contributed by atoms with van der Waals surface area (Å²) in [5, 5.41) is 7.56. The molecule has 0 spiro atoms. The summed E-state index contributed by atoms with van der Waals surface area (Å²) in [4.78, 5) is 14.0. The third-order valence-electron chi connectivity index (χ3n) is 3.98. The van der Waals surface area contributed by atoms with Gasteiger partial charge in [0.25, 0.3) is 0 Å². The summed E-state index contributed by atoms with van der Waals surface area (Å²) in [6, 6.07) is 1.61. The highest BCUT2D eigenvalue weighted by atomic mass is 32.2. The van der Waals surface area contributed by atoms with Gasteiger partial charge in [0, 0.05) is 24.6 Å². The van der Waals surface area contributed by atoms with Crippen LogP contribution in [0.1, 0.15) is 47.2 Å². The molecule has 2 amide bonds. The Bertz CT molecular complexity index is 709. The van der Waals surface area contributed by atoms with Crippen LogP contribution in [0, 0.1) is 0 Å². The van der Waals surface area contributed by atoms with E-state index in [1.165, 1.54) is 4.90 Å². The topological polar surface area (TPSA) is 84.3 Å². The van der Waals surface area contributed by atoms with Gasteiger partial charge in [0.2, 0.25) is 0 Å². The fraction of sp³-hybridized carbons (Fsp3) is 0.750. The zero-order chi connectivity index (χ0) is 18.3. The first-order chi connectivity index (χ1) is 10.8. The molecule has 1 aromatic rings. The van der Waals surface area contributed by atoms with Crippen molar-refractivity contribution in [1.82, 2.24) is 14.7 Å². The molecule has 2 rings (SSSR count). The Balaban J connectivity index is 2.22. The van der Waals surface area contributed by atoms with Crippen molar-refractivity contribution in [3.05, 3.63) is 11.8 Å². The maximum Gasteiger partial charge on any atom is 0.323 e. The lowest BCUT2D eigenvalue weighted by Crippen LogP contribution is -2.46. The number of aromatic nitrogens is 2. The van der Waals surface area contributed by atoms with Crippen LogP contribution in [0.4, 0.5) is 10.6 Å². The number of amides is 2. The number of urea groups is 1. The molecule has 1 fully saturated rings. The van der Waals surface area contributed by atoms with Gasteiger partial charge in [-0.1, -0.05) is 20.8 Å². The van der Waals surface area contributed by atoms with Crippen molar-refractivity contribution in [2.24, 2.45) is 0 Å². The third-order valence-corrected chi connectivity index (χ3v) is 5.59. The van der Waals surface area contributed by atoms with Crippen molar-refractivity contribution in [2.75, 3.05) is 29.9 Å². The summed E-state index contributed by atoms with van der Waals surface area (Å²) in [6.07, 6.45) is 0. The van der Waals surface area contributed by atoms with Crippen molar-refractivity contribution in [2.45, 2.75) is 52.5 Å². The van der Waals surface area contributed by atoms with E-state index in [0.29, 0.717) is 5.82 Å². The smallest absolute Gasteiger partial charge is 0.322 e. The van der Waals surface area contributed by atoms with E-state index in [0.717, 1.165) is 5.69 Å². The molecule has 1 aromatic heterocycles. The van der Waals surface area contributed by atoms with Gasteiger partial charge in [-0.05, 0) is 20.8 Å². The van der Waals surface area contributed by atoms with E-state index in [9.17, 15) is 13.2 Å². The Labute approximate surface area is 144 Å². The first-order valence-corrected chi connectivity index (χ1v) is 9.99. The van der Waals surface area contributed by atoms with E-state index < -0.39 is 9.84 Å². The SMILES string of the molecule is CC(C)(C)c1cc(NC(=O)N2CCS(=O)(=O)CC2)n(C(C)(C)C)n1. The fourth-order valence-electron chi connectivity index (χ4n) is 2.45. The van der Waals surface area contributed by atoms with E-state index in [1.807, 2.05) is 31.5 Å². The lowest BCUT2D eigenvalue weighted by molar-refractivity contribution is 0.215. The second kappa shape index (κ2) is 6.06. The average Bonchev–Trinajstić information content (AvgIpc) is 2.82. The molecule has 0 unspecified atom stereocenters. The molecule has 0 radical (unpaired) electrons. The highest BCUT2D eigenvalue weighted by Crippen LogP contribution is 2.28. The van der Waals surface area contributed by atoms with Crippen LogP contribution >= 0.6 is 0 Å². The lowest BCUT2D eigenvalue weighted by atomic mass is 9.92. The molecule has 0 aliphatic carbocycles. The number of hydrogen-bond donors (Lipinski definition) is 1. The largest absolute Gasteiger partial charge is 0.323 e. The highest BCUT2D eigenvalue weighted by molar-refractivity contribution is 7.91. The van der Waals surface area contributed by atoms with E-state index in [1.54, 1.807) is 0 Å². The predicted molar refractivity (Wildman–Crippen MR) is 95.2 cm³/mol. The molecule has 1 aliphatic heterocycles. The van der Waals surface area contributed by atoms with Crippen LogP contribution in [0.25, 0.3) is 0 Å². The normalized spacial score (nSPS) is 18.5. The summed E-state index contributed by atoms with van der Waals surface area (Å²) >= 11 is 0. The first-order valence-electron chi connectivity index (χ1n) is 8.17. The van der Waals surface area contributed by atoms with Gasteiger partial charge in [-0.2, -0.15) is 5.10 Å². The number of carbonyl (C=O) groups excluding carboxylic acids is 1. The summed E-state index contributed by atoms with van der Waals surface area (Å²) < 4.78 is 24.8. The first kappa shape index (κ1) is 18.8. The molecular weight excluding hydrogens is 328 g/mol. The van der Waals surface area contributed by atoms with Crippen LogP contribution in [0.2, 0.25) is 0 Å². The Kier molecular flexibility index (Phi) is 4.74. The number of anilines is 1. The van der Waals surface area contributed by atoms with Crippen LogP contribution < -0.4 is 5.32 Å². The van der Waals surface area contributed by atoms with Crippen molar-refractivity contribution in [1.29, 1.82) is 0 Å². The van der Waals surface area contributed by atoms with Crippen LogP contribution in [-0.2, 0) is 20.8 Å². The zero-order valence-electron chi connectivity index (χ0n) is 15.4. The summed E-state index contributed by atoms with van der Waals surface area (Å²) in [7, 11) is -3.01. The number of carbonyl (C=O) groups is 1. The predicted octanol–water partition coefficient (Wildman–Crippen LogP) is 2.20. The van der Waals surface area contributed by atoms with Crippen LogP contribution in [-0.4, -0.2) is 53.7 Å². The van der Waals surface area contributed by atoms with Crippen molar-refractivity contribution < 1.29 is 13.2 Å². The van der Waals surface area contributed by atoms with E-state index in [-0.39, 0.29) is 41.6 Å². The number of nitrogens with one attached hydrogen (secondary N) is 1. The molecule has 0 bridgehead atoms. The van der Waals surface area contributed by atoms with Gasteiger partial charge in [0.15, 0.2) is 9.84 Å². The molecule has 7 nitrogen and oxygen atoms in total. The van der Waals surface area contributed by atoms with Gasteiger partial charge in [0.1, 0.15) is 5.82 Å². The van der Waals surface area contributed by atoms with Crippen LogP contribution in [0.5, 0.6) is 0 Å². The molecule has 1 saturated heterocycles. The van der Waals surface area contributed by atoms with Gasteiger partial charge in [-0.3, -0.25) is 5.32 Å². The monoisotopic (exact) mass is 356 g/mol. The lowest BCUT2D eigenvalue weighted by Gasteiger charge is -2.28. The second-order valence-corrected chi connectivity index (χ2v) is 10.6. The zero-order valence-corrected chi connectivity index (χ0v) is 16.2. The summed E-state index contributed by atoms with van der Waals surface area (Å²) in [5.41, 5.74) is 0.487. The van der Waals surface area contributed by atoms with Crippen LogP contribution in [0.15, 0.2) is 6.07 Å². The van der Waals surface area contributed by atoms with Gasteiger partial charge < -0.3 is 4.90 Å². The van der Waals surface area contributed by atoms with Gasteiger partial charge in [-0.15, -0.1) is 0 Å². The van der Waals surface area contributed by atoms with E-state index in [2.05, 4.69) is 31.2 Å².